The molecule has 0 spiro atoms. The van der Waals surface area contributed by atoms with E-state index in [9.17, 15) is 24.3 Å². The molecule has 3 aromatic carbocycles. The van der Waals surface area contributed by atoms with Crippen LogP contribution in [0.5, 0.6) is 0 Å². The van der Waals surface area contributed by atoms with E-state index in [0.29, 0.717) is 23.0 Å². The summed E-state index contributed by atoms with van der Waals surface area (Å²) >= 11 is 7.33. The van der Waals surface area contributed by atoms with Crippen LogP contribution in [0.25, 0.3) is 0 Å². The van der Waals surface area contributed by atoms with Crippen molar-refractivity contribution in [2.45, 2.75) is 108 Å². The predicted octanol–water partition coefficient (Wildman–Crippen LogP) is 5.28. The summed E-state index contributed by atoms with van der Waals surface area (Å²) in [4.78, 5) is 49.5. The lowest BCUT2D eigenvalue weighted by atomic mass is 9.91. The molecular formula is C42H50N2O12S2. The Kier molecular flexibility index (Phi) is 16.0. The monoisotopic (exact) mass is 838 g/mol. The van der Waals surface area contributed by atoms with Gasteiger partial charge in [-0.25, -0.2) is 0 Å². The van der Waals surface area contributed by atoms with Crippen molar-refractivity contribution in [3.63, 3.8) is 0 Å². The van der Waals surface area contributed by atoms with Gasteiger partial charge in [-0.3, -0.25) is 19.2 Å². The van der Waals surface area contributed by atoms with E-state index in [4.69, 9.17) is 51.1 Å². The second-order valence-corrected chi connectivity index (χ2v) is 15.7. The van der Waals surface area contributed by atoms with Crippen molar-refractivity contribution in [3.05, 3.63) is 95.1 Å². The minimum Gasteiger partial charge on any atom is -0.463 e. The van der Waals surface area contributed by atoms with Crippen LogP contribution < -0.4 is 11.1 Å². The molecule has 0 saturated carbocycles. The number of thioether (sulfide) groups is 1. The van der Waals surface area contributed by atoms with E-state index in [2.05, 4.69) is 12.2 Å². The summed E-state index contributed by atoms with van der Waals surface area (Å²) in [5.74, 6) is -2.06. The highest BCUT2D eigenvalue weighted by molar-refractivity contribution is 7.99. The van der Waals surface area contributed by atoms with Gasteiger partial charge in [0.1, 0.15) is 18.8 Å². The fraction of sp³-hybridized carbons (Fsp3) is 0.452. The molecule has 3 aromatic rings. The fourth-order valence-corrected chi connectivity index (χ4v) is 8.20. The lowest BCUT2D eigenvalue weighted by Gasteiger charge is -2.44. The summed E-state index contributed by atoms with van der Waals surface area (Å²) < 4.78 is 41.2. The van der Waals surface area contributed by atoms with E-state index in [1.807, 2.05) is 72.8 Å². The van der Waals surface area contributed by atoms with Crippen molar-refractivity contribution in [3.8, 4) is 0 Å². The van der Waals surface area contributed by atoms with Crippen LogP contribution in [0.4, 0.5) is 5.69 Å². The lowest BCUT2D eigenvalue weighted by molar-refractivity contribution is -0.268. The van der Waals surface area contributed by atoms with Gasteiger partial charge in [-0.05, 0) is 28.8 Å². The number of benzene rings is 3. The van der Waals surface area contributed by atoms with Crippen LogP contribution in [0.15, 0.2) is 77.7 Å². The van der Waals surface area contributed by atoms with E-state index in [1.165, 1.54) is 20.8 Å². The number of nitrogens with one attached hydrogen (secondary N) is 1. The lowest BCUT2D eigenvalue weighted by Crippen LogP contribution is -2.62. The zero-order valence-electron chi connectivity index (χ0n) is 33.0. The zero-order chi connectivity index (χ0) is 41.9. The number of carbonyl (C=O) groups excluding carboxylic acids is 4. The number of hydrogen-bond acceptors (Lipinski definition) is 15. The second kappa shape index (κ2) is 20.9. The smallest absolute Gasteiger partial charge is 0.303 e. The first kappa shape index (κ1) is 44.5. The van der Waals surface area contributed by atoms with Crippen molar-refractivity contribution >= 4 is 58.5 Å². The highest BCUT2D eigenvalue weighted by atomic mass is 32.2. The van der Waals surface area contributed by atoms with Crippen molar-refractivity contribution in [2.75, 3.05) is 18.1 Å². The topological polar surface area (TPSA) is 191 Å². The predicted molar refractivity (Wildman–Crippen MR) is 217 cm³/mol. The summed E-state index contributed by atoms with van der Waals surface area (Å²) in [7, 11) is 0. The second-order valence-electron chi connectivity index (χ2n) is 14.1. The number of nitrogen functional groups attached to an aromatic ring is 1. The Morgan fingerprint density at radius 1 is 0.741 bits per heavy atom. The average molecular weight is 839 g/mol. The molecule has 2 heterocycles. The molecule has 0 radical (unpaired) electrons. The van der Waals surface area contributed by atoms with Gasteiger partial charge in [0, 0.05) is 68.5 Å². The molecular weight excluding hydrogens is 789 g/mol. The van der Waals surface area contributed by atoms with E-state index in [1.54, 1.807) is 11.8 Å². The maximum atomic E-state index is 12.2. The summed E-state index contributed by atoms with van der Waals surface area (Å²) in [6.07, 6.45) is -6.87. The van der Waals surface area contributed by atoms with Gasteiger partial charge < -0.3 is 49.3 Å². The van der Waals surface area contributed by atoms with Crippen molar-refractivity contribution < 1.29 is 57.4 Å². The van der Waals surface area contributed by atoms with Crippen LogP contribution in [0.2, 0.25) is 0 Å². The van der Waals surface area contributed by atoms with E-state index >= 15 is 0 Å². The first-order valence-corrected chi connectivity index (χ1v) is 20.3. The molecule has 16 heteroatoms. The van der Waals surface area contributed by atoms with Crippen LogP contribution >= 0.6 is 24.0 Å². The Morgan fingerprint density at radius 2 is 1.33 bits per heavy atom. The summed E-state index contributed by atoms with van der Waals surface area (Å²) in [5, 5.41) is 12.8. The van der Waals surface area contributed by atoms with Crippen LogP contribution in [0, 0.1) is 5.92 Å². The number of para-hydroxylation sites is 1. The van der Waals surface area contributed by atoms with Gasteiger partial charge in [0.2, 0.25) is 0 Å². The number of carbonyl (C=O) groups is 4. The average Bonchev–Trinajstić information content (AvgIpc) is 3.18. The van der Waals surface area contributed by atoms with Crippen LogP contribution in [0.3, 0.4) is 0 Å². The quantitative estimate of drug-likeness (QED) is 0.0589. The molecule has 9 atom stereocenters. The molecule has 58 heavy (non-hydrogen) atoms. The number of hydrogen-bond donors (Lipinski definition) is 3. The molecule has 5 rings (SSSR count). The van der Waals surface area contributed by atoms with Gasteiger partial charge in [0.25, 0.3) is 0 Å². The van der Waals surface area contributed by atoms with Crippen LogP contribution in [0.1, 0.15) is 75.7 Å². The Morgan fingerprint density at radius 3 is 1.93 bits per heavy atom. The molecule has 2 fully saturated rings. The molecule has 1 unspecified atom stereocenters. The van der Waals surface area contributed by atoms with Gasteiger partial charge in [-0.2, -0.15) is 0 Å². The molecule has 0 aromatic heterocycles. The van der Waals surface area contributed by atoms with Crippen LogP contribution in [-0.4, -0.2) is 83.0 Å². The minimum absolute atomic E-state index is 0.000490. The molecule has 2 saturated heterocycles. The normalized spacial score (nSPS) is 25.5. The molecule has 0 aliphatic carbocycles. The SMILES string of the molecule is CC(=O)OC[C@H]1O[C@@H](CC(=S)NCc2ccc(C3O[C@H](CSc4ccccc4N)[C@H](C)[C@H](c4ccc(CO)cc4)O3)cc2)[C@H](OC(C)=O)[C@@H](OC(C)=O)[C@@H]1OC(C)=O. The number of nitrogens with two attached hydrogens (primary N) is 1. The third kappa shape index (κ3) is 12.2. The molecule has 312 valence electrons. The number of esters is 4. The highest BCUT2D eigenvalue weighted by Gasteiger charge is 2.52. The Hall–Kier alpha value is -4.58. The summed E-state index contributed by atoms with van der Waals surface area (Å²) in [5.41, 5.74) is 10.5. The number of thiocarbonyl (C=S) groups is 1. The first-order chi connectivity index (χ1) is 27.7. The third-order valence-corrected chi connectivity index (χ3v) is 11.1. The van der Waals surface area contributed by atoms with E-state index in [0.717, 1.165) is 34.1 Å². The number of ether oxygens (including phenoxy) is 7. The van der Waals surface area contributed by atoms with Crippen molar-refractivity contribution in [1.29, 1.82) is 0 Å². The maximum Gasteiger partial charge on any atom is 0.303 e. The minimum atomic E-state index is -1.28. The molecule has 2 aliphatic heterocycles. The van der Waals surface area contributed by atoms with Crippen molar-refractivity contribution in [1.82, 2.24) is 5.32 Å². The van der Waals surface area contributed by atoms with Gasteiger partial charge in [0.05, 0.1) is 23.8 Å². The van der Waals surface area contributed by atoms with E-state index in [-0.39, 0.29) is 37.8 Å². The summed E-state index contributed by atoms with van der Waals surface area (Å²) in [6.45, 7) is 6.79. The molecule has 0 amide bonds. The number of aliphatic hydroxyl groups excluding tert-OH is 1. The first-order valence-electron chi connectivity index (χ1n) is 18.9. The van der Waals surface area contributed by atoms with Gasteiger partial charge in [0.15, 0.2) is 24.6 Å². The fourth-order valence-electron chi connectivity index (χ4n) is 6.82. The number of aliphatic hydroxyl groups is 1. The highest BCUT2D eigenvalue weighted by Crippen LogP contribution is 2.43. The van der Waals surface area contributed by atoms with Gasteiger partial charge >= 0.3 is 23.9 Å². The van der Waals surface area contributed by atoms with E-state index < -0.39 is 60.7 Å². The number of anilines is 1. The molecule has 14 nitrogen and oxygen atoms in total. The molecule has 2 aliphatic rings. The summed E-state index contributed by atoms with van der Waals surface area (Å²) in [6, 6.07) is 23.2. The Balaban J connectivity index is 1.28. The maximum absolute atomic E-state index is 12.2. The Bertz CT molecular complexity index is 1900. The largest absolute Gasteiger partial charge is 0.463 e. The van der Waals surface area contributed by atoms with Gasteiger partial charge in [-0.15, -0.1) is 11.8 Å². The molecule has 0 bridgehead atoms. The van der Waals surface area contributed by atoms with Gasteiger partial charge in [-0.1, -0.05) is 79.8 Å². The van der Waals surface area contributed by atoms with Crippen LogP contribution in [-0.2, 0) is 65.5 Å². The standard InChI is InChI=1S/C42H50N2O12S2/c1-23-35(22-58-36-9-7-6-8-32(36)43)55-42(56-38(23)30-14-12-29(20-45)13-15-30)31-16-10-28(11-17-31)19-44-37(57)18-33-39(51-25(3)47)41(53-27(5)49)40(52-26(4)48)34(54-33)21-50-24(2)46/h6-17,23,33-35,38-42,45H,18-22,43H2,1-5H3,(H,44,57)/t23-,33-,34+,35+,38+,39-,40+,41+,42?/m0/s1. The van der Waals surface area contributed by atoms with Crippen molar-refractivity contribution in [2.24, 2.45) is 5.92 Å². The Labute approximate surface area is 347 Å². The molecule has 4 N–H and O–H groups in total. The third-order valence-electron chi connectivity index (χ3n) is 9.66. The number of rotatable bonds is 15. The zero-order valence-corrected chi connectivity index (χ0v) is 34.6.